The van der Waals surface area contributed by atoms with E-state index in [4.69, 9.17) is 4.42 Å². The first-order valence-electron chi connectivity index (χ1n) is 8.69. The number of non-ortho nitro benzene ring substituents is 1. The van der Waals surface area contributed by atoms with Crippen molar-refractivity contribution in [3.05, 3.63) is 75.2 Å². The Kier molecular flexibility index (Phi) is 5.32. The number of hydrogen-bond donors (Lipinski definition) is 0. The van der Waals surface area contributed by atoms with Crippen LogP contribution in [0.5, 0.6) is 0 Å². The molecule has 27 heavy (non-hydrogen) atoms. The largest absolute Gasteiger partial charge is 0.419 e. The molecule has 0 amide bonds. The van der Waals surface area contributed by atoms with Gasteiger partial charge in [-0.25, -0.2) is 0 Å². The smallest absolute Gasteiger partial charge is 0.269 e. The van der Waals surface area contributed by atoms with Crippen LogP contribution in [0.2, 0.25) is 0 Å². The first-order valence-corrected chi connectivity index (χ1v) is 8.69. The standard InChI is InChI=1S/C20H22N4O3/c1-13-5-6-17(14(2)11-13)12-23(4)15(3)19-21-22-20(27-19)16-7-9-18(10-8-16)24(25)26/h5-11,15H,12H2,1-4H3/t15-/m0/s1. The molecule has 2 aromatic carbocycles. The number of aromatic nitrogens is 2. The Morgan fingerprint density at radius 2 is 1.85 bits per heavy atom. The lowest BCUT2D eigenvalue weighted by Gasteiger charge is -2.22. The fourth-order valence-corrected chi connectivity index (χ4v) is 2.86. The van der Waals surface area contributed by atoms with Gasteiger partial charge in [0.1, 0.15) is 0 Å². The van der Waals surface area contributed by atoms with Crippen LogP contribution in [0.25, 0.3) is 11.5 Å². The molecular weight excluding hydrogens is 344 g/mol. The molecule has 0 N–H and O–H groups in total. The van der Waals surface area contributed by atoms with Gasteiger partial charge in [0, 0.05) is 24.2 Å². The SMILES string of the molecule is Cc1ccc(CN(C)[C@@H](C)c2nnc(-c3ccc([N+](=O)[O-])cc3)o2)c(C)c1. The summed E-state index contributed by atoms with van der Waals surface area (Å²) in [6.07, 6.45) is 0. The predicted octanol–water partition coefficient (Wildman–Crippen LogP) is 4.45. The van der Waals surface area contributed by atoms with Crippen LogP contribution in [0.4, 0.5) is 5.69 Å². The zero-order chi connectivity index (χ0) is 19.6. The second-order valence-corrected chi connectivity index (χ2v) is 6.77. The highest BCUT2D eigenvalue weighted by Crippen LogP contribution is 2.26. The molecule has 3 rings (SSSR count). The third-order valence-corrected chi connectivity index (χ3v) is 4.70. The molecule has 0 aliphatic rings. The first-order chi connectivity index (χ1) is 12.8. The van der Waals surface area contributed by atoms with Crippen molar-refractivity contribution in [1.29, 1.82) is 0 Å². The van der Waals surface area contributed by atoms with Crippen molar-refractivity contribution >= 4 is 5.69 Å². The fraction of sp³-hybridized carbons (Fsp3) is 0.300. The van der Waals surface area contributed by atoms with Gasteiger partial charge in [0.05, 0.1) is 11.0 Å². The number of benzene rings is 2. The highest BCUT2D eigenvalue weighted by Gasteiger charge is 2.20. The molecule has 7 nitrogen and oxygen atoms in total. The van der Waals surface area contributed by atoms with Crippen LogP contribution < -0.4 is 0 Å². The lowest BCUT2D eigenvalue weighted by atomic mass is 10.1. The second kappa shape index (κ2) is 7.67. The van der Waals surface area contributed by atoms with E-state index in [0.717, 1.165) is 6.54 Å². The predicted molar refractivity (Wildman–Crippen MR) is 102 cm³/mol. The Balaban J connectivity index is 1.73. The lowest BCUT2D eigenvalue weighted by Crippen LogP contribution is -2.22. The van der Waals surface area contributed by atoms with E-state index in [0.29, 0.717) is 17.3 Å². The van der Waals surface area contributed by atoms with Gasteiger partial charge in [0.2, 0.25) is 11.8 Å². The van der Waals surface area contributed by atoms with Crippen molar-refractivity contribution < 1.29 is 9.34 Å². The summed E-state index contributed by atoms with van der Waals surface area (Å²) < 4.78 is 5.81. The topological polar surface area (TPSA) is 85.3 Å². The number of nitrogens with zero attached hydrogens (tertiary/aromatic N) is 4. The maximum absolute atomic E-state index is 10.8. The molecular formula is C20H22N4O3. The van der Waals surface area contributed by atoms with Crippen LogP contribution in [-0.2, 0) is 6.54 Å². The number of aryl methyl sites for hydroxylation is 2. The Labute approximate surface area is 157 Å². The average molecular weight is 366 g/mol. The first kappa shape index (κ1) is 18.7. The molecule has 0 saturated carbocycles. The molecule has 0 aliphatic carbocycles. The quantitative estimate of drug-likeness (QED) is 0.473. The summed E-state index contributed by atoms with van der Waals surface area (Å²) >= 11 is 0. The van der Waals surface area contributed by atoms with E-state index in [1.807, 2.05) is 14.0 Å². The van der Waals surface area contributed by atoms with Gasteiger partial charge >= 0.3 is 0 Å². The van der Waals surface area contributed by atoms with Gasteiger partial charge in [-0.3, -0.25) is 15.0 Å². The molecule has 1 atom stereocenters. The molecule has 0 spiro atoms. The third-order valence-electron chi connectivity index (χ3n) is 4.70. The normalized spacial score (nSPS) is 12.3. The molecule has 1 heterocycles. The Hall–Kier alpha value is -3.06. The molecule has 0 aliphatic heterocycles. The van der Waals surface area contributed by atoms with Gasteiger partial charge in [0.15, 0.2) is 0 Å². The van der Waals surface area contributed by atoms with Crippen molar-refractivity contribution in [1.82, 2.24) is 15.1 Å². The van der Waals surface area contributed by atoms with Gasteiger partial charge < -0.3 is 4.42 Å². The Morgan fingerprint density at radius 1 is 1.15 bits per heavy atom. The van der Waals surface area contributed by atoms with Crippen molar-refractivity contribution in [2.75, 3.05) is 7.05 Å². The van der Waals surface area contributed by atoms with Gasteiger partial charge in [-0.15, -0.1) is 10.2 Å². The summed E-state index contributed by atoms with van der Waals surface area (Å²) in [7, 11) is 2.01. The van der Waals surface area contributed by atoms with Crippen LogP contribution in [0, 0.1) is 24.0 Å². The Morgan fingerprint density at radius 3 is 2.48 bits per heavy atom. The van der Waals surface area contributed by atoms with Crippen LogP contribution in [0.15, 0.2) is 46.9 Å². The minimum absolute atomic E-state index is 0.0278. The van der Waals surface area contributed by atoms with E-state index in [9.17, 15) is 10.1 Å². The second-order valence-electron chi connectivity index (χ2n) is 6.77. The summed E-state index contributed by atoms with van der Waals surface area (Å²) in [6, 6.07) is 12.4. The molecule has 0 saturated heterocycles. The summed E-state index contributed by atoms with van der Waals surface area (Å²) in [5.41, 5.74) is 4.44. The Bertz CT molecular complexity index is 950. The van der Waals surface area contributed by atoms with E-state index >= 15 is 0 Å². The third kappa shape index (κ3) is 4.20. The average Bonchev–Trinajstić information content (AvgIpc) is 3.13. The van der Waals surface area contributed by atoms with E-state index in [-0.39, 0.29) is 11.7 Å². The molecule has 1 aromatic heterocycles. The van der Waals surface area contributed by atoms with Crippen molar-refractivity contribution in [3.8, 4) is 11.5 Å². The number of nitro groups is 1. The maximum Gasteiger partial charge on any atom is 0.269 e. The van der Waals surface area contributed by atoms with Gasteiger partial charge in [0.25, 0.3) is 5.69 Å². The minimum Gasteiger partial charge on any atom is -0.419 e. The van der Waals surface area contributed by atoms with Crippen LogP contribution in [-0.4, -0.2) is 27.1 Å². The molecule has 7 heteroatoms. The van der Waals surface area contributed by atoms with Crippen LogP contribution in [0.3, 0.4) is 0 Å². The summed E-state index contributed by atoms with van der Waals surface area (Å²) in [6.45, 7) is 6.97. The molecule has 0 unspecified atom stereocenters. The van der Waals surface area contributed by atoms with Gasteiger partial charge in [-0.1, -0.05) is 23.8 Å². The molecule has 0 bridgehead atoms. The van der Waals surface area contributed by atoms with E-state index < -0.39 is 4.92 Å². The zero-order valence-corrected chi connectivity index (χ0v) is 15.8. The van der Waals surface area contributed by atoms with Gasteiger partial charge in [-0.05, 0) is 51.1 Å². The van der Waals surface area contributed by atoms with Crippen molar-refractivity contribution in [2.24, 2.45) is 0 Å². The lowest BCUT2D eigenvalue weighted by molar-refractivity contribution is -0.384. The van der Waals surface area contributed by atoms with E-state index in [2.05, 4.69) is 47.1 Å². The minimum atomic E-state index is -0.437. The zero-order valence-electron chi connectivity index (χ0n) is 15.8. The van der Waals surface area contributed by atoms with E-state index in [1.54, 1.807) is 12.1 Å². The molecule has 3 aromatic rings. The van der Waals surface area contributed by atoms with Crippen molar-refractivity contribution in [2.45, 2.75) is 33.4 Å². The summed E-state index contributed by atoms with van der Waals surface area (Å²) in [5.74, 6) is 0.863. The van der Waals surface area contributed by atoms with Crippen molar-refractivity contribution in [3.63, 3.8) is 0 Å². The highest BCUT2D eigenvalue weighted by atomic mass is 16.6. The van der Waals surface area contributed by atoms with E-state index in [1.165, 1.54) is 28.8 Å². The molecule has 0 fully saturated rings. The fourth-order valence-electron chi connectivity index (χ4n) is 2.86. The molecule has 0 radical (unpaired) electrons. The number of hydrogen-bond acceptors (Lipinski definition) is 6. The summed E-state index contributed by atoms with van der Waals surface area (Å²) in [5, 5.41) is 19.0. The van der Waals surface area contributed by atoms with Crippen LogP contribution in [0.1, 0.15) is 35.5 Å². The van der Waals surface area contributed by atoms with Gasteiger partial charge in [-0.2, -0.15) is 0 Å². The number of rotatable bonds is 6. The maximum atomic E-state index is 10.8. The monoisotopic (exact) mass is 366 g/mol. The molecule has 140 valence electrons. The van der Waals surface area contributed by atoms with Crippen LogP contribution >= 0.6 is 0 Å². The highest BCUT2D eigenvalue weighted by molar-refractivity contribution is 5.55. The summed E-state index contributed by atoms with van der Waals surface area (Å²) in [4.78, 5) is 12.5. The number of nitro benzene ring substituents is 1.